The summed E-state index contributed by atoms with van der Waals surface area (Å²) in [4.78, 5) is 24.3. The number of rotatable bonds is 3. The smallest absolute Gasteiger partial charge is 0.274 e. The topological polar surface area (TPSA) is 66.3 Å². The minimum atomic E-state index is -0.257. The van der Waals surface area contributed by atoms with Gasteiger partial charge in [-0.1, -0.05) is 34.6 Å². The summed E-state index contributed by atoms with van der Waals surface area (Å²) in [6, 6.07) is -0.0964. The van der Waals surface area contributed by atoms with E-state index in [1.54, 1.807) is 4.90 Å². The first-order valence-electron chi connectivity index (χ1n) is 8.47. The van der Waals surface area contributed by atoms with Crippen molar-refractivity contribution in [1.82, 2.24) is 14.9 Å². The number of nitrogens with zero attached hydrogens (tertiary/aromatic N) is 3. The van der Waals surface area contributed by atoms with Gasteiger partial charge in [0.15, 0.2) is 5.69 Å². The lowest BCUT2D eigenvalue weighted by molar-refractivity contribution is 0.0667. The van der Waals surface area contributed by atoms with E-state index in [1.807, 2.05) is 6.92 Å². The molecule has 0 aromatic carbocycles. The van der Waals surface area contributed by atoms with Crippen LogP contribution in [0.2, 0.25) is 0 Å². The Bertz CT molecular complexity index is 591. The van der Waals surface area contributed by atoms with Crippen LogP contribution in [0.25, 0.3) is 0 Å². The maximum Gasteiger partial charge on any atom is 0.274 e. The van der Waals surface area contributed by atoms with Gasteiger partial charge in [0.05, 0.1) is 29.7 Å². The highest BCUT2D eigenvalue weighted by Gasteiger charge is 2.34. The van der Waals surface area contributed by atoms with Gasteiger partial charge < -0.3 is 10.0 Å². The summed E-state index contributed by atoms with van der Waals surface area (Å²) >= 11 is 0. The molecule has 23 heavy (non-hydrogen) atoms. The number of aromatic nitrogens is 2. The normalized spacial score (nSPS) is 18.8. The number of carbonyl (C=O) groups excluding carboxylic acids is 1. The van der Waals surface area contributed by atoms with E-state index in [2.05, 4.69) is 34.6 Å². The van der Waals surface area contributed by atoms with Crippen LogP contribution in [0.5, 0.6) is 0 Å². The van der Waals surface area contributed by atoms with Gasteiger partial charge in [0.2, 0.25) is 0 Å². The van der Waals surface area contributed by atoms with Gasteiger partial charge in [0.1, 0.15) is 0 Å². The third-order valence-electron chi connectivity index (χ3n) is 4.42. The molecule has 0 spiro atoms. The Morgan fingerprint density at radius 2 is 2.00 bits per heavy atom. The number of aliphatic hydroxyl groups excluding tert-OH is 1. The van der Waals surface area contributed by atoms with E-state index in [9.17, 15) is 9.90 Å². The molecule has 5 nitrogen and oxygen atoms in total. The van der Waals surface area contributed by atoms with Crippen LogP contribution in [-0.2, 0) is 5.41 Å². The number of likely N-dealkylation sites (tertiary alicyclic amines) is 1. The van der Waals surface area contributed by atoms with Gasteiger partial charge in [-0.25, -0.2) is 4.98 Å². The van der Waals surface area contributed by atoms with Crippen LogP contribution in [0.1, 0.15) is 80.9 Å². The van der Waals surface area contributed by atoms with E-state index in [0.29, 0.717) is 12.2 Å². The highest BCUT2D eigenvalue weighted by Crippen LogP contribution is 2.29. The Kier molecular flexibility index (Phi) is 5.09. The lowest BCUT2D eigenvalue weighted by Crippen LogP contribution is -2.39. The second-order valence-corrected chi connectivity index (χ2v) is 7.77. The zero-order valence-corrected chi connectivity index (χ0v) is 15.2. The molecule has 2 heterocycles. The summed E-state index contributed by atoms with van der Waals surface area (Å²) in [5.41, 5.74) is 2.70. The summed E-state index contributed by atoms with van der Waals surface area (Å²) in [6.07, 6.45) is 1.78. The lowest BCUT2D eigenvalue weighted by Gasteiger charge is -2.27. The van der Waals surface area contributed by atoms with Crippen LogP contribution in [0.15, 0.2) is 0 Å². The minimum Gasteiger partial charge on any atom is -0.394 e. The number of aliphatic hydroxyl groups is 1. The molecule has 1 N–H and O–H groups in total. The van der Waals surface area contributed by atoms with Crippen LogP contribution < -0.4 is 0 Å². The molecule has 1 unspecified atom stereocenters. The molecule has 1 aliphatic heterocycles. The molecule has 1 amide bonds. The third-order valence-corrected chi connectivity index (χ3v) is 4.42. The summed E-state index contributed by atoms with van der Waals surface area (Å²) in [7, 11) is 0. The molecule has 1 atom stereocenters. The number of carbonyl (C=O) groups is 1. The quantitative estimate of drug-likeness (QED) is 0.930. The fourth-order valence-corrected chi connectivity index (χ4v) is 3.18. The second kappa shape index (κ2) is 6.56. The first-order valence-corrected chi connectivity index (χ1v) is 8.47. The van der Waals surface area contributed by atoms with E-state index >= 15 is 0 Å². The molecule has 0 radical (unpaired) electrons. The van der Waals surface area contributed by atoms with Crippen LogP contribution in [0, 0.1) is 6.92 Å². The van der Waals surface area contributed by atoms with Crippen molar-refractivity contribution in [3.8, 4) is 0 Å². The molecule has 1 aliphatic rings. The van der Waals surface area contributed by atoms with E-state index in [0.717, 1.165) is 29.9 Å². The first kappa shape index (κ1) is 17.9. The summed E-state index contributed by atoms with van der Waals surface area (Å²) in [5.74, 6) is 0.121. The zero-order chi connectivity index (χ0) is 17.4. The van der Waals surface area contributed by atoms with Gasteiger partial charge in [-0.2, -0.15) is 0 Å². The van der Waals surface area contributed by atoms with Gasteiger partial charge in [-0.3, -0.25) is 9.78 Å². The number of aryl methyl sites for hydroxylation is 1. The Morgan fingerprint density at radius 1 is 1.35 bits per heavy atom. The maximum atomic E-state index is 13.1. The average Bonchev–Trinajstić information content (AvgIpc) is 2.93. The molecular formula is C18H29N3O2. The predicted molar refractivity (Wildman–Crippen MR) is 90.7 cm³/mol. The first-order chi connectivity index (χ1) is 10.7. The molecule has 1 aromatic rings. The predicted octanol–water partition coefficient (Wildman–Crippen LogP) is 2.80. The molecule has 0 bridgehead atoms. The minimum absolute atomic E-state index is 0.00686. The molecule has 1 fully saturated rings. The van der Waals surface area contributed by atoms with Crippen LogP contribution in [0.4, 0.5) is 0 Å². The Hall–Kier alpha value is -1.49. The Labute approximate surface area is 139 Å². The molecule has 2 rings (SSSR count). The van der Waals surface area contributed by atoms with Crippen molar-refractivity contribution in [3.05, 3.63) is 22.8 Å². The highest BCUT2D eigenvalue weighted by atomic mass is 16.3. The molecule has 0 saturated carbocycles. The van der Waals surface area contributed by atoms with Crippen molar-refractivity contribution in [3.63, 3.8) is 0 Å². The monoisotopic (exact) mass is 319 g/mol. The van der Waals surface area contributed by atoms with E-state index < -0.39 is 0 Å². The van der Waals surface area contributed by atoms with Crippen molar-refractivity contribution in [1.29, 1.82) is 0 Å². The van der Waals surface area contributed by atoms with Crippen LogP contribution >= 0.6 is 0 Å². The van der Waals surface area contributed by atoms with Gasteiger partial charge in [-0.05, 0) is 25.7 Å². The molecule has 0 aliphatic carbocycles. The number of amides is 1. The standard InChI is InChI=1S/C18H29N3O2/c1-11(2)14-12(3)19-16(18(4,5)6)15(20-14)17(23)21-9-7-8-13(21)10-22/h11,13,22H,7-10H2,1-6H3. The molecule has 1 aromatic heterocycles. The average molecular weight is 319 g/mol. The van der Waals surface area contributed by atoms with Gasteiger partial charge >= 0.3 is 0 Å². The van der Waals surface area contributed by atoms with Crippen LogP contribution in [0.3, 0.4) is 0 Å². The number of hydrogen-bond donors (Lipinski definition) is 1. The second-order valence-electron chi connectivity index (χ2n) is 7.77. The molecule has 5 heteroatoms. The van der Waals surface area contributed by atoms with E-state index in [-0.39, 0.29) is 29.9 Å². The Morgan fingerprint density at radius 3 is 2.52 bits per heavy atom. The van der Waals surface area contributed by atoms with Gasteiger partial charge in [0, 0.05) is 12.0 Å². The van der Waals surface area contributed by atoms with Crippen LogP contribution in [-0.4, -0.2) is 45.1 Å². The maximum absolute atomic E-state index is 13.1. The molecule has 128 valence electrons. The van der Waals surface area contributed by atoms with Gasteiger partial charge in [0.25, 0.3) is 5.91 Å². The largest absolute Gasteiger partial charge is 0.394 e. The number of hydrogen-bond acceptors (Lipinski definition) is 4. The highest BCUT2D eigenvalue weighted by molar-refractivity contribution is 5.94. The zero-order valence-electron chi connectivity index (χ0n) is 15.2. The van der Waals surface area contributed by atoms with Crippen molar-refractivity contribution < 1.29 is 9.90 Å². The summed E-state index contributed by atoms with van der Waals surface area (Å²) in [6.45, 7) is 12.9. The molecular weight excluding hydrogens is 290 g/mol. The van der Waals surface area contributed by atoms with Crippen molar-refractivity contribution >= 4 is 5.91 Å². The fraction of sp³-hybridized carbons (Fsp3) is 0.722. The van der Waals surface area contributed by atoms with Crippen molar-refractivity contribution in [2.24, 2.45) is 0 Å². The summed E-state index contributed by atoms with van der Waals surface area (Å²) < 4.78 is 0. The SMILES string of the molecule is Cc1nc(C(C)(C)C)c(C(=O)N2CCCC2CO)nc1C(C)C. The fourth-order valence-electron chi connectivity index (χ4n) is 3.18. The Balaban J connectivity index is 2.54. The molecule has 1 saturated heterocycles. The van der Waals surface area contributed by atoms with Crippen molar-refractivity contribution in [2.75, 3.05) is 13.2 Å². The van der Waals surface area contributed by atoms with Gasteiger partial charge in [-0.15, -0.1) is 0 Å². The van der Waals surface area contributed by atoms with E-state index in [1.165, 1.54) is 0 Å². The van der Waals surface area contributed by atoms with E-state index in [4.69, 9.17) is 9.97 Å². The third kappa shape index (κ3) is 3.55. The summed E-state index contributed by atoms with van der Waals surface area (Å²) in [5, 5.41) is 9.52. The van der Waals surface area contributed by atoms with Crippen molar-refractivity contribution in [2.45, 2.75) is 71.8 Å². The lowest BCUT2D eigenvalue weighted by atomic mass is 9.89.